The zero-order valence-electron chi connectivity index (χ0n) is 6.67. The lowest BCUT2D eigenvalue weighted by Crippen LogP contribution is -1.83. The van der Waals surface area contributed by atoms with Crippen LogP contribution in [-0.2, 0) is 0 Å². The number of hydrogen-bond donors (Lipinski definition) is 0. The smallest absolute Gasteiger partial charge is 0.0953 e. The molecule has 56 valence electrons. The van der Waals surface area contributed by atoms with E-state index in [1.165, 1.54) is 0 Å². The maximum atomic E-state index is 8.74. The van der Waals surface area contributed by atoms with Crippen molar-refractivity contribution in [3.63, 3.8) is 0 Å². The molecule has 0 aromatic rings. The zero-order chi connectivity index (χ0) is 8.10. The Kier molecular flexibility index (Phi) is 2.68. The molecule has 0 aromatic carbocycles. The highest BCUT2D eigenvalue weighted by molar-refractivity contribution is 5.39. The van der Waals surface area contributed by atoms with Crippen LogP contribution in [0.5, 0.6) is 0 Å². The normalized spacial score (nSPS) is 16.4. The first-order valence-electron chi connectivity index (χ1n) is 3.83. The predicted octanol–water partition coefficient (Wildman–Crippen LogP) is 2.73. The lowest BCUT2D eigenvalue weighted by Gasteiger charge is -1.97. The molecule has 0 bridgehead atoms. The van der Waals surface area contributed by atoms with Gasteiger partial charge in [-0.15, -0.1) is 0 Å². The third-order valence-corrected chi connectivity index (χ3v) is 1.77. The summed E-state index contributed by atoms with van der Waals surface area (Å²) in [7, 11) is 0. The molecule has 0 aromatic heterocycles. The van der Waals surface area contributed by atoms with E-state index in [0.29, 0.717) is 0 Å². The molecule has 0 spiro atoms. The molecule has 0 saturated heterocycles. The summed E-state index contributed by atoms with van der Waals surface area (Å²) in [5.74, 6) is 0. The van der Waals surface area contributed by atoms with Crippen LogP contribution in [0.3, 0.4) is 0 Å². The van der Waals surface area contributed by atoms with Crippen molar-refractivity contribution in [2.24, 2.45) is 0 Å². The second kappa shape index (κ2) is 3.78. The van der Waals surface area contributed by atoms with Gasteiger partial charge in [0.1, 0.15) is 0 Å². The van der Waals surface area contributed by atoms with E-state index in [0.717, 1.165) is 24.0 Å². The SMILES string of the molecule is CCC1=C(C#N)CC=CC=C1. The van der Waals surface area contributed by atoms with Crippen molar-refractivity contribution in [1.82, 2.24) is 0 Å². The Balaban J connectivity index is 2.96. The van der Waals surface area contributed by atoms with Crippen molar-refractivity contribution >= 4 is 0 Å². The van der Waals surface area contributed by atoms with Crippen LogP contribution in [0.1, 0.15) is 19.8 Å². The van der Waals surface area contributed by atoms with Gasteiger partial charge in [-0.05, 0) is 12.0 Å². The summed E-state index contributed by atoms with van der Waals surface area (Å²) in [6.45, 7) is 2.07. The molecule has 11 heavy (non-hydrogen) atoms. The number of allylic oxidation sites excluding steroid dienone is 6. The molecular weight excluding hydrogens is 134 g/mol. The maximum Gasteiger partial charge on any atom is 0.0953 e. The van der Waals surface area contributed by atoms with Crippen LogP contribution >= 0.6 is 0 Å². The van der Waals surface area contributed by atoms with Crippen molar-refractivity contribution in [3.05, 3.63) is 35.5 Å². The minimum atomic E-state index is 0.784. The van der Waals surface area contributed by atoms with Crippen molar-refractivity contribution in [1.29, 1.82) is 5.26 Å². The number of nitriles is 1. The van der Waals surface area contributed by atoms with Crippen LogP contribution in [-0.4, -0.2) is 0 Å². The van der Waals surface area contributed by atoms with Gasteiger partial charge in [0.25, 0.3) is 0 Å². The van der Waals surface area contributed by atoms with Gasteiger partial charge in [0.15, 0.2) is 0 Å². The molecule has 0 unspecified atom stereocenters. The summed E-state index contributed by atoms with van der Waals surface area (Å²) < 4.78 is 0. The van der Waals surface area contributed by atoms with Gasteiger partial charge >= 0.3 is 0 Å². The quantitative estimate of drug-likeness (QED) is 0.556. The number of hydrogen-bond acceptors (Lipinski definition) is 1. The Labute approximate surface area is 67.3 Å². The molecule has 0 N–H and O–H groups in total. The van der Waals surface area contributed by atoms with Crippen LogP contribution in [0.2, 0.25) is 0 Å². The Hall–Kier alpha value is -1.29. The van der Waals surface area contributed by atoms with E-state index in [9.17, 15) is 0 Å². The molecule has 1 heteroatoms. The van der Waals surface area contributed by atoms with Crippen molar-refractivity contribution in [3.8, 4) is 6.07 Å². The summed E-state index contributed by atoms with van der Waals surface area (Å²) in [4.78, 5) is 0. The monoisotopic (exact) mass is 145 g/mol. The molecule has 1 aliphatic carbocycles. The Morgan fingerprint density at radius 2 is 2.36 bits per heavy atom. The molecule has 0 radical (unpaired) electrons. The molecule has 1 rings (SSSR count). The second-order valence-corrected chi connectivity index (χ2v) is 2.46. The van der Waals surface area contributed by atoms with Gasteiger partial charge < -0.3 is 0 Å². The number of nitrogens with zero attached hydrogens (tertiary/aromatic N) is 1. The van der Waals surface area contributed by atoms with Gasteiger partial charge in [0.2, 0.25) is 0 Å². The van der Waals surface area contributed by atoms with Gasteiger partial charge in [-0.1, -0.05) is 31.2 Å². The third-order valence-electron chi connectivity index (χ3n) is 1.77. The van der Waals surface area contributed by atoms with Crippen LogP contribution < -0.4 is 0 Å². The van der Waals surface area contributed by atoms with E-state index in [2.05, 4.69) is 13.0 Å². The first-order chi connectivity index (χ1) is 5.38. The van der Waals surface area contributed by atoms with Crippen LogP contribution in [0.4, 0.5) is 0 Å². The fraction of sp³-hybridized carbons (Fsp3) is 0.300. The topological polar surface area (TPSA) is 23.8 Å². The zero-order valence-corrected chi connectivity index (χ0v) is 6.67. The summed E-state index contributed by atoms with van der Waals surface area (Å²) in [6.07, 6.45) is 9.73. The minimum absolute atomic E-state index is 0.784. The van der Waals surface area contributed by atoms with E-state index in [-0.39, 0.29) is 0 Å². The molecule has 0 amide bonds. The molecular formula is C10H11N. The van der Waals surface area contributed by atoms with E-state index >= 15 is 0 Å². The van der Waals surface area contributed by atoms with Gasteiger partial charge in [0, 0.05) is 12.0 Å². The van der Waals surface area contributed by atoms with Crippen molar-refractivity contribution in [2.75, 3.05) is 0 Å². The summed E-state index contributed by atoms with van der Waals surface area (Å²) >= 11 is 0. The van der Waals surface area contributed by atoms with Crippen LogP contribution in [0.15, 0.2) is 35.5 Å². The van der Waals surface area contributed by atoms with Gasteiger partial charge in [-0.2, -0.15) is 5.26 Å². The molecule has 1 nitrogen and oxygen atoms in total. The second-order valence-electron chi connectivity index (χ2n) is 2.46. The fourth-order valence-electron chi connectivity index (χ4n) is 1.12. The number of rotatable bonds is 1. The maximum absolute atomic E-state index is 8.74. The Morgan fingerprint density at radius 1 is 1.55 bits per heavy atom. The standard InChI is InChI=1S/C10H11N/c1-2-9-6-4-3-5-7-10(9)8-11/h3-6H,2,7H2,1H3. The lowest BCUT2D eigenvalue weighted by molar-refractivity contribution is 1.10. The largest absolute Gasteiger partial charge is 0.193 e. The van der Waals surface area contributed by atoms with Crippen molar-refractivity contribution in [2.45, 2.75) is 19.8 Å². The lowest BCUT2D eigenvalue weighted by atomic mass is 10.1. The average Bonchev–Trinajstić information content (AvgIpc) is 2.27. The highest BCUT2D eigenvalue weighted by Crippen LogP contribution is 2.16. The first-order valence-corrected chi connectivity index (χ1v) is 3.83. The summed E-state index contributed by atoms with van der Waals surface area (Å²) in [6, 6.07) is 2.22. The Bertz CT molecular complexity index is 261. The summed E-state index contributed by atoms with van der Waals surface area (Å²) in [5.41, 5.74) is 2.06. The molecule has 0 saturated carbocycles. The highest BCUT2D eigenvalue weighted by atomic mass is 14.2. The van der Waals surface area contributed by atoms with E-state index in [1.807, 2.05) is 24.3 Å². The first kappa shape index (κ1) is 7.81. The summed E-state index contributed by atoms with van der Waals surface area (Å²) in [5, 5.41) is 8.74. The van der Waals surface area contributed by atoms with Crippen LogP contribution in [0.25, 0.3) is 0 Å². The molecule has 0 aliphatic heterocycles. The Morgan fingerprint density at radius 3 is 3.00 bits per heavy atom. The van der Waals surface area contributed by atoms with Gasteiger partial charge in [-0.25, -0.2) is 0 Å². The highest BCUT2D eigenvalue weighted by Gasteiger charge is 2.00. The van der Waals surface area contributed by atoms with Crippen LogP contribution in [0, 0.1) is 11.3 Å². The van der Waals surface area contributed by atoms with Gasteiger partial charge in [-0.3, -0.25) is 0 Å². The average molecular weight is 145 g/mol. The fourth-order valence-corrected chi connectivity index (χ4v) is 1.12. The predicted molar refractivity (Wildman–Crippen MR) is 45.8 cm³/mol. The van der Waals surface area contributed by atoms with E-state index in [4.69, 9.17) is 5.26 Å². The minimum Gasteiger partial charge on any atom is -0.193 e. The van der Waals surface area contributed by atoms with Gasteiger partial charge in [0.05, 0.1) is 6.07 Å². The molecule has 0 fully saturated rings. The molecule has 0 atom stereocenters. The third kappa shape index (κ3) is 1.81. The van der Waals surface area contributed by atoms with E-state index < -0.39 is 0 Å². The molecule has 1 aliphatic rings. The molecule has 0 heterocycles. The van der Waals surface area contributed by atoms with E-state index in [1.54, 1.807) is 0 Å². The van der Waals surface area contributed by atoms with Crippen molar-refractivity contribution < 1.29 is 0 Å².